The Morgan fingerprint density at radius 3 is 2.36 bits per heavy atom. The Hall–Kier alpha value is -0.0800. The zero-order valence-corrected chi connectivity index (χ0v) is 6.96. The number of nitrogens with two attached hydrogens (primary N) is 1. The maximum atomic E-state index is 5.73. The summed E-state index contributed by atoms with van der Waals surface area (Å²) < 4.78 is 5.73. The molecule has 2 nitrogen and oxygen atoms in total. The van der Waals surface area contributed by atoms with Crippen LogP contribution in [0.5, 0.6) is 0 Å². The molecule has 2 saturated heterocycles. The van der Waals surface area contributed by atoms with Crippen LogP contribution in [0.1, 0.15) is 32.1 Å². The van der Waals surface area contributed by atoms with E-state index in [1.165, 1.54) is 32.1 Å². The van der Waals surface area contributed by atoms with Crippen LogP contribution < -0.4 is 5.73 Å². The second-order valence-electron chi connectivity index (χ2n) is 3.87. The zero-order chi connectivity index (χ0) is 7.68. The summed E-state index contributed by atoms with van der Waals surface area (Å²) in [6.45, 7) is 0.851. The van der Waals surface area contributed by atoms with Gasteiger partial charge in [0, 0.05) is 0 Å². The Balaban J connectivity index is 1.87. The van der Waals surface area contributed by atoms with Gasteiger partial charge >= 0.3 is 0 Å². The standard InChI is InChI=1S/C9H17NO/c10-4-3-7-5-8-1-2-9(6-7)11-8/h7-9H,1-6,10H2. The molecule has 2 heteroatoms. The van der Waals surface area contributed by atoms with Crippen molar-refractivity contribution in [1.82, 2.24) is 0 Å². The molecule has 0 aromatic carbocycles. The highest BCUT2D eigenvalue weighted by Crippen LogP contribution is 2.36. The van der Waals surface area contributed by atoms with Gasteiger partial charge in [-0.05, 0) is 44.6 Å². The molecule has 64 valence electrons. The van der Waals surface area contributed by atoms with Crippen molar-refractivity contribution in [1.29, 1.82) is 0 Å². The van der Waals surface area contributed by atoms with Gasteiger partial charge in [0.15, 0.2) is 0 Å². The second kappa shape index (κ2) is 3.11. The fourth-order valence-electron chi connectivity index (χ4n) is 2.44. The lowest BCUT2D eigenvalue weighted by molar-refractivity contribution is -0.0202. The Labute approximate surface area is 68.1 Å². The van der Waals surface area contributed by atoms with Gasteiger partial charge < -0.3 is 10.5 Å². The van der Waals surface area contributed by atoms with Crippen molar-refractivity contribution in [3.63, 3.8) is 0 Å². The van der Waals surface area contributed by atoms with Crippen LogP contribution in [0.4, 0.5) is 0 Å². The van der Waals surface area contributed by atoms with Crippen molar-refractivity contribution < 1.29 is 4.74 Å². The summed E-state index contributed by atoms with van der Waals surface area (Å²) in [4.78, 5) is 0. The normalized spacial score (nSPS) is 42.8. The smallest absolute Gasteiger partial charge is 0.0582 e. The lowest BCUT2D eigenvalue weighted by Crippen LogP contribution is -2.26. The largest absolute Gasteiger partial charge is 0.375 e. The number of hydrogen-bond acceptors (Lipinski definition) is 2. The number of rotatable bonds is 2. The van der Waals surface area contributed by atoms with E-state index in [1.54, 1.807) is 0 Å². The molecule has 0 saturated carbocycles. The molecule has 2 bridgehead atoms. The fraction of sp³-hybridized carbons (Fsp3) is 1.00. The van der Waals surface area contributed by atoms with Crippen LogP contribution >= 0.6 is 0 Å². The van der Waals surface area contributed by atoms with Gasteiger partial charge in [0.1, 0.15) is 0 Å². The number of ether oxygens (including phenoxy) is 1. The maximum absolute atomic E-state index is 5.73. The van der Waals surface area contributed by atoms with Crippen LogP contribution in [-0.4, -0.2) is 18.8 Å². The topological polar surface area (TPSA) is 35.2 Å². The Morgan fingerprint density at radius 2 is 1.82 bits per heavy atom. The number of hydrogen-bond donors (Lipinski definition) is 1. The molecule has 11 heavy (non-hydrogen) atoms. The van der Waals surface area contributed by atoms with E-state index in [2.05, 4.69) is 0 Å². The molecule has 2 aliphatic heterocycles. The van der Waals surface area contributed by atoms with E-state index in [-0.39, 0.29) is 0 Å². The van der Waals surface area contributed by atoms with E-state index in [4.69, 9.17) is 10.5 Å². The Bertz CT molecular complexity index is 126. The van der Waals surface area contributed by atoms with Crippen molar-refractivity contribution in [2.24, 2.45) is 11.7 Å². The van der Waals surface area contributed by atoms with Gasteiger partial charge in [0.2, 0.25) is 0 Å². The van der Waals surface area contributed by atoms with E-state index in [9.17, 15) is 0 Å². The first-order valence-electron chi connectivity index (χ1n) is 4.74. The highest BCUT2D eigenvalue weighted by atomic mass is 16.5. The van der Waals surface area contributed by atoms with E-state index in [1.807, 2.05) is 0 Å². The molecule has 2 unspecified atom stereocenters. The summed E-state index contributed by atoms with van der Waals surface area (Å²) in [5.41, 5.74) is 5.53. The Kier molecular flexibility index (Phi) is 2.14. The quantitative estimate of drug-likeness (QED) is 0.652. The molecule has 2 rings (SSSR count). The molecule has 0 amide bonds. The predicted molar refractivity (Wildman–Crippen MR) is 44.3 cm³/mol. The third-order valence-corrected chi connectivity index (χ3v) is 2.96. The highest BCUT2D eigenvalue weighted by molar-refractivity contribution is 4.84. The van der Waals surface area contributed by atoms with Crippen LogP contribution in [-0.2, 0) is 4.74 Å². The second-order valence-corrected chi connectivity index (χ2v) is 3.87. The van der Waals surface area contributed by atoms with E-state index in [0.29, 0.717) is 12.2 Å². The van der Waals surface area contributed by atoms with Crippen LogP contribution in [0.25, 0.3) is 0 Å². The van der Waals surface area contributed by atoms with Crippen LogP contribution in [0.15, 0.2) is 0 Å². The zero-order valence-electron chi connectivity index (χ0n) is 6.96. The molecular formula is C9H17NO. The molecule has 0 aromatic heterocycles. The summed E-state index contributed by atoms with van der Waals surface area (Å²) in [5.74, 6) is 0.867. The van der Waals surface area contributed by atoms with Crippen molar-refractivity contribution in [2.45, 2.75) is 44.3 Å². The molecular weight excluding hydrogens is 138 g/mol. The third kappa shape index (κ3) is 1.57. The molecule has 0 aliphatic carbocycles. The summed E-state index contributed by atoms with van der Waals surface area (Å²) in [6, 6.07) is 0. The maximum Gasteiger partial charge on any atom is 0.0582 e. The van der Waals surface area contributed by atoms with Gasteiger partial charge in [0.25, 0.3) is 0 Å². The molecule has 2 heterocycles. The molecule has 2 fully saturated rings. The molecule has 0 spiro atoms. The minimum Gasteiger partial charge on any atom is -0.375 e. The summed E-state index contributed by atoms with van der Waals surface area (Å²) in [7, 11) is 0. The van der Waals surface area contributed by atoms with Gasteiger partial charge in [-0.1, -0.05) is 0 Å². The molecule has 2 aliphatic rings. The molecule has 2 N–H and O–H groups in total. The fourth-order valence-corrected chi connectivity index (χ4v) is 2.44. The SMILES string of the molecule is NCCC1CC2CCC(C1)O2. The predicted octanol–water partition coefficient (Wildman–Crippen LogP) is 1.29. The number of fused-ring (bicyclic) bond motifs is 2. The minimum absolute atomic E-state index is 0.588. The lowest BCUT2D eigenvalue weighted by Gasteiger charge is -2.27. The molecule has 0 radical (unpaired) electrons. The van der Waals surface area contributed by atoms with Crippen molar-refractivity contribution in [2.75, 3.05) is 6.54 Å². The monoisotopic (exact) mass is 155 g/mol. The van der Waals surface area contributed by atoms with E-state index >= 15 is 0 Å². The Morgan fingerprint density at radius 1 is 1.18 bits per heavy atom. The first kappa shape index (κ1) is 7.56. The van der Waals surface area contributed by atoms with Crippen molar-refractivity contribution in [3.8, 4) is 0 Å². The van der Waals surface area contributed by atoms with Crippen LogP contribution in [0.3, 0.4) is 0 Å². The first-order chi connectivity index (χ1) is 5.38. The van der Waals surface area contributed by atoms with Gasteiger partial charge in [-0.25, -0.2) is 0 Å². The summed E-state index contributed by atoms with van der Waals surface area (Å²) >= 11 is 0. The van der Waals surface area contributed by atoms with Gasteiger partial charge in [-0.15, -0.1) is 0 Å². The van der Waals surface area contributed by atoms with Gasteiger partial charge in [-0.2, -0.15) is 0 Å². The van der Waals surface area contributed by atoms with Crippen molar-refractivity contribution >= 4 is 0 Å². The van der Waals surface area contributed by atoms with E-state index < -0.39 is 0 Å². The van der Waals surface area contributed by atoms with Crippen LogP contribution in [0, 0.1) is 5.92 Å². The highest BCUT2D eigenvalue weighted by Gasteiger charge is 2.34. The lowest BCUT2D eigenvalue weighted by atomic mass is 9.93. The summed E-state index contributed by atoms with van der Waals surface area (Å²) in [6.07, 6.45) is 7.52. The third-order valence-electron chi connectivity index (χ3n) is 2.96. The van der Waals surface area contributed by atoms with E-state index in [0.717, 1.165) is 12.5 Å². The minimum atomic E-state index is 0.588. The first-order valence-corrected chi connectivity index (χ1v) is 4.74. The summed E-state index contributed by atoms with van der Waals surface area (Å²) in [5, 5.41) is 0. The molecule has 0 aromatic rings. The van der Waals surface area contributed by atoms with Crippen molar-refractivity contribution in [3.05, 3.63) is 0 Å². The van der Waals surface area contributed by atoms with Crippen LogP contribution in [0.2, 0.25) is 0 Å². The van der Waals surface area contributed by atoms with Gasteiger partial charge in [-0.3, -0.25) is 0 Å². The average Bonchev–Trinajstić information content (AvgIpc) is 2.32. The molecule has 2 atom stereocenters. The average molecular weight is 155 g/mol. The van der Waals surface area contributed by atoms with Gasteiger partial charge in [0.05, 0.1) is 12.2 Å².